The van der Waals surface area contributed by atoms with Gasteiger partial charge in [0.05, 0.1) is 0 Å². The lowest BCUT2D eigenvalue weighted by Crippen LogP contribution is -2.45. The Balaban J connectivity index is 4.31. The maximum Gasteiger partial charge on any atom is 0.321 e. The van der Waals surface area contributed by atoms with Crippen LogP contribution in [0.1, 0.15) is 26.2 Å². The number of hydrogen-bond donors (Lipinski definition) is 3. The highest BCUT2D eigenvalue weighted by Crippen LogP contribution is 2.01. The molecular formula is C7H16N2O4S. The normalized spacial score (nSPS) is 13.9. The summed E-state index contributed by atoms with van der Waals surface area (Å²) in [6, 6.07) is -1.05. The fourth-order valence-corrected chi connectivity index (χ4v) is 1.60. The molecule has 84 valence electrons. The van der Waals surface area contributed by atoms with Crippen LogP contribution >= 0.6 is 0 Å². The number of unbranched alkanes of at least 4 members (excludes halogenated alkanes) is 1. The zero-order valence-corrected chi connectivity index (χ0v) is 9.10. The van der Waals surface area contributed by atoms with Crippen LogP contribution in [0.15, 0.2) is 0 Å². The molecule has 0 saturated heterocycles. The first-order valence-electron chi connectivity index (χ1n) is 4.36. The number of rotatable bonds is 7. The van der Waals surface area contributed by atoms with E-state index in [0.717, 1.165) is 6.42 Å². The van der Waals surface area contributed by atoms with Crippen LogP contribution in [0.4, 0.5) is 0 Å². The molecule has 0 bridgehead atoms. The van der Waals surface area contributed by atoms with Gasteiger partial charge >= 0.3 is 5.97 Å². The van der Waals surface area contributed by atoms with E-state index in [1.807, 2.05) is 16.4 Å². The Morgan fingerprint density at radius 1 is 1.50 bits per heavy atom. The van der Waals surface area contributed by atoms with Crippen LogP contribution in [-0.2, 0) is 15.0 Å². The molecule has 0 amide bonds. The maximum absolute atomic E-state index is 11.0. The van der Waals surface area contributed by atoms with Crippen molar-refractivity contribution < 1.29 is 18.3 Å². The molecule has 3 N–H and O–H groups in total. The van der Waals surface area contributed by atoms with Gasteiger partial charge in [0.2, 0.25) is 0 Å². The fraction of sp³-hybridized carbons (Fsp3) is 0.857. The van der Waals surface area contributed by atoms with Crippen LogP contribution in [0.3, 0.4) is 0 Å². The Labute approximate surface area is 83.9 Å². The third-order valence-electron chi connectivity index (χ3n) is 1.71. The van der Waals surface area contributed by atoms with Gasteiger partial charge in [-0.15, -0.1) is 0 Å². The monoisotopic (exact) mass is 224 g/mol. The average Bonchev–Trinajstić information content (AvgIpc) is 2.12. The number of hydrogen-bond acceptors (Lipinski definition) is 3. The molecule has 0 radical (unpaired) electrons. The molecule has 0 spiro atoms. The molecule has 0 aliphatic carbocycles. The zero-order chi connectivity index (χ0) is 11.2. The lowest BCUT2D eigenvalue weighted by molar-refractivity contribution is -0.139. The van der Waals surface area contributed by atoms with E-state index >= 15 is 0 Å². The van der Waals surface area contributed by atoms with Gasteiger partial charge in [-0.3, -0.25) is 4.79 Å². The van der Waals surface area contributed by atoms with Crippen molar-refractivity contribution in [3.05, 3.63) is 0 Å². The van der Waals surface area contributed by atoms with Gasteiger partial charge < -0.3 is 5.11 Å². The molecular weight excluding hydrogens is 208 g/mol. The summed E-state index contributed by atoms with van der Waals surface area (Å²) in [5.41, 5.74) is 0. The van der Waals surface area contributed by atoms with Crippen LogP contribution in [0.2, 0.25) is 0 Å². The number of aliphatic carboxylic acids is 1. The number of carboxylic acid groups (broad SMARTS) is 1. The Hall–Kier alpha value is -0.660. The van der Waals surface area contributed by atoms with E-state index in [-0.39, 0.29) is 0 Å². The predicted octanol–water partition coefficient (Wildman–Crippen LogP) is -0.316. The number of carboxylic acids is 1. The molecule has 0 aliphatic heterocycles. The first-order chi connectivity index (χ1) is 6.43. The van der Waals surface area contributed by atoms with Crippen molar-refractivity contribution in [2.45, 2.75) is 32.2 Å². The third-order valence-corrected chi connectivity index (χ3v) is 2.84. The van der Waals surface area contributed by atoms with E-state index in [1.165, 1.54) is 7.05 Å². The third kappa shape index (κ3) is 5.15. The molecule has 0 aromatic heterocycles. The minimum atomic E-state index is -3.67. The molecule has 0 saturated carbocycles. The smallest absolute Gasteiger partial charge is 0.321 e. The summed E-state index contributed by atoms with van der Waals surface area (Å²) >= 11 is 0. The fourth-order valence-electron chi connectivity index (χ4n) is 0.887. The van der Waals surface area contributed by atoms with Crippen molar-refractivity contribution in [3.63, 3.8) is 0 Å². The molecule has 0 aromatic carbocycles. The highest BCUT2D eigenvalue weighted by Gasteiger charge is 2.21. The molecule has 0 heterocycles. The van der Waals surface area contributed by atoms with Gasteiger partial charge in [0, 0.05) is 7.05 Å². The van der Waals surface area contributed by atoms with Gasteiger partial charge in [0.1, 0.15) is 6.04 Å². The second-order valence-corrected chi connectivity index (χ2v) is 4.51. The number of carbonyl (C=O) groups is 1. The van der Waals surface area contributed by atoms with Crippen LogP contribution in [0.25, 0.3) is 0 Å². The van der Waals surface area contributed by atoms with Crippen molar-refractivity contribution in [1.29, 1.82) is 0 Å². The van der Waals surface area contributed by atoms with Crippen LogP contribution < -0.4 is 9.44 Å². The number of nitrogens with one attached hydrogen (secondary N) is 2. The van der Waals surface area contributed by atoms with Gasteiger partial charge in [-0.25, -0.2) is 4.72 Å². The molecule has 0 fully saturated rings. The summed E-state index contributed by atoms with van der Waals surface area (Å²) < 4.78 is 26.0. The van der Waals surface area contributed by atoms with Gasteiger partial charge in [0.25, 0.3) is 10.2 Å². The quantitative estimate of drug-likeness (QED) is 0.552. The van der Waals surface area contributed by atoms with Crippen molar-refractivity contribution in [2.75, 3.05) is 7.05 Å². The highest BCUT2D eigenvalue weighted by atomic mass is 32.2. The minimum absolute atomic E-state index is 0.298. The largest absolute Gasteiger partial charge is 0.480 e. The highest BCUT2D eigenvalue weighted by molar-refractivity contribution is 7.87. The second kappa shape index (κ2) is 5.94. The van der Waals surface area contributed by atoms with Gasteiger partial charge in [0.15, 0.2) is 0 Å². The SMILES string of the molecule is CCCCC(NS(=O)(=O)NC)C(=O)O. The Morgan fingerprint density at radius 3 is 2.43 bits per heavy atom. The van der Waals surface area contributed by atoms with Crippen molar-refractivity contribution in [2.24, 2.45) is 0 Å². The summed E-state index contributed by atoms with van der Waals surface area (Å²) in [4.78, 5) is 10.6. The minimum Gasteiger partial charge on any atom is -0.480 e. The molecule has 7 heteroatoms. The standard InChI is InChI=1S/C7H16N2O4S/c1-3-4-5-6(7(10)11)9-14(12,13)8-2/h6,8-9H,3-5H2,1-2H3,(H,10,11). The molecule has 6 nitrogen and oxygen atoms in total. The lowest BCUT2D eigenvalue weighted by Gasteiger charge is -2.13. The van der Waals surface area contributed by atoms with Crippen LogP contribution in [0, 0.1) is 0 Å². The zero-order valence-electron chi connectivity index (χ0n) is 8.28. The second-order valence-electron chi connectivity index (χ2n) is 2.86. The van der Waals surface area contributed by atoms with Crippen LogP contribution in [0.5, 0.6) is 0 Å². The van der Waals surface area contributed by atoms with E-state index in [1.54, 1.807) is 0 Å². The van der Waals surface area contributed by atoms with Crippen molar-refractivity contribution in [1.82, 2.24) is 9.44 Å². The topological polar surface area (TPSA) is 95.5 Å². The van der Waals surface area contributed by atoms with E-state index in [4.69, 9.17) is 5.11 Å². The van der Waals surface area contributed by atoms with Gasteiger partial charge in [-0.05, 0) is 6.42 Å². The first-order valence-corrected chi connectivity index (χ1v) is 5.85. The summed E-state index contributed by atoms with van der Waals surface area (Å²) in [6.45, 7) is 1.91. The van der Waals surface area contributed by atoms with E-state index in [9.17, 15) is 13.2 Å². The van der Waals surface area contributed by atoms with E-state index < -0.39 is 22.2 Å². The molecule has 0 aromatic rings. The first kappa shape index (κ1) is 13.3. The summed E-state index contributed by atoms with van der Waals surface area (Å²) in [7, 11) is -2.45. The molecule has 0 aliphatic rings. The van der Waals surface area contributed by atoms with Gasteiger partial charge in [-0.2, -0.15) is 13.1 Å². The summed E-state index contributed by atoms with van der Waals surface area (Å²) in [5.74, 6) is -1.16. The summed E-state index contributed by atoms with van der Waals surface area (Å²) in [6.07, 6.45) is 1.79. The van der Waals surface area contributed by atoms with Gasteiger partial charge in [-0.1, -0.05) is 19.8 Å². The molecule has 0 rings (SSSR count). The van der Waals surface area contributed by atoms with Crippen molar-refractivity contribution in [3.8, 4) is 0 Å². The average molecular weight is 224 g/mol. The van der Waals surface area contributed by atoms with Crippen LogP contribution in [-0.4, -0.2) is 32.6 Å². The Kier molecular flexibility index (Phi) is 5.66. The Bertz CT molecular complexity index is 275. The van der Waals surface area contributed by atoms with Crippen molar-refractivity contribution >= 4 is 16.2 Å². The molecule has 14 heavy (non-hydrogen) atoms. The molecule has 1 atom stereocenters. The lowest BCUT2D eigenvalue weighted by atomic mass is 10.1. The van der Waals surface area contributed by atoms with E-state index in [0.29, 0.717) is 12.8 Å². The molecule has 1 unspecified atom stereocenters. The predicted molar refractivity (Wildman–Crippen MR) is 52.1 cm³/mol. The van der Waals surface area contributed by atoms with E-state index in [2.05, 4.69) is 0 Å². The Morgan fingerprint density at radius 2 is 2.07 bits per heavy atom. The summed E-state index contributed by atoms with van der Waals surface area (Å²) in [5, 5.41) is 8.70. The maximum atomic E-state index is 11.0.